The minimum absolute atomic E-state index is 0.125. The SMILES string of the molecule is Cc1cc(-c2noc(C(CN)CC(C)C)n2)cc(C)n1. The van der Waals surface area contributed by atoms with Gasteiger partial charge < -0.3 is 10.3 Å². The molecular weight excluding hydrogens is 252 g/mol. The van der Waals surface area contributed by atoms with E-state index in [0.717, 1.165) is 23.4 Å². The van der Waals surface area contributed by atoms with Crippen LogP contribution in [0.2, 0.25) is 0 Å². The first-order chi connectivity index (χ1) is 9.49. The topological polar surface area (TPSA) is 77.8 Å². The first-order valence-corrected chi connectivity index (χ1v) is 6.99. The maximum Gasteiger partial charge on any atom is 0.231 e. The molecule has 2 N–H and O–H groups in total. The summed E-state index contributed by atoms with van der Waals surface area (Å²) in [4.78, 5) is 8.85. The van der Waals surface area contributed by atoms with Gasteiger partial charge in [0, 0.05) is 23.5 Å². The summed E-state index contributed by atoms with van der Waals surface area (Å²) in [6.07, 6.45) is 0.951. The zero-order valence-corrected chi connectivity index (χ0v) is 12.6. The molecule has 2 aromatic heterocycles. The van der Waals surface area contributed by atoms with E-state index in [1.807, 2.05) is 26.0 Å². The molecule has 5 heteroatoms. The van der Waals surface area contributed by atoms with Crippen molar-refractivity contribution in [2.45, 2.75) is 40.0 Å². The number of nitrogens with zero attached hydrogens (tertiary/aromatic N) is 3. The van der Waals surface area contributed by atoms with Gasteiger partial charge in [-0.25, -0.2) is 0 Å². The van der Waals surface area contributed by atoms with E-state index in [0.29, 0.717) is 24.2 Å². The van der Waals surface area contributed by atoms with Gasteiger partial charge in [0.1, 0.15) is 0 Å². The Morgan fingerprint density at radius 2 is 1.80 bits per heavy atom. The molecule has 20 heavy (non-hydrogen) atoms. The summed E-state index contributed by atoms with van der Waals surface area (Å²) >= 11 is 0. The van der Waals surface area contributed by atoms with E-state index >= 15 is 0 Å². The molecule has 5 nitrogen and oxygen atoms in total. The zero-order chi connectivity index (χ0) is 14.7. The Bertz CT molecular complexity index is 557. The molecule has 1 unspecified atom stereocenters. The van der Waals surface area contributed by atoms with E-state index in [2.05, 4.69) is 29.0 Å². The third-order valence-electron chi connectivity index (χ3n) is 3.17. The molecule has 2 aromatic rings. The lowest BCUT2D eigenvalue weighted by molar-refractivity contribution is 0.335. The smallest absolute Gasteiger partial charge is 0.231 e. The van der Waals surface area contributed by atoms with Crippen molar-refractivity contribution >= 4 is 0 Å². The van der Waals surface area contributed by atoms with Crippen molar-refractivity contribution in [3.63, 3.8) is 0 Å². The standard InChI is InChI=1S/C15H22N4O/c1-9(2)5-13(8-16)15-18-14(19-20-15)12-6-10(3)17-11(4)7-12/h6-7,9,13H,5,8,16H2,1-4H3. The Kier molecular flexibility index (Phi) is 4.49. The summed E-state index contributed by atoms with van der Waals surface area (Å²) in [6.45, 7) is 8.76. The molecule has 1 atom stereocenters. The van der Waals surface area contributed by atoms with Crippen LogP contribution in [-0.4, -0.2) is 21.7 Å². The Morgan fingerprint density at radius 1 is 1.15 bits per heavy atom. The normalized spacial score (nSPS) is 12.9. The third-order valence-corrected chi connectivity index (χ3v) is 3.17. The van der Waals surface area contributed by atoms with Gasteiger partial charge in [-0.2, -0.15) is 4.98 Å². The molecule has 0 radical (unpaired) electrons. The Balaban J connectivity index is 2.27. The van der Waals surface area contributed by atoms with Gasteiger partial charge in [-0.05, 0) is 38.3 Å². The highest BCUT2D eigenvalue weighted by Gasteiger charge is 2.19. The Hall–Kier alpha value is -1.75. The highest BCUT2D eigenvalue weighted by atomic mass is 16.5. The lowest BCUT2D eigenvalue weighted by Gasteiger charge is -2.11. The van der Waals surface area contributed by atoms with Gasteiger partial charge in [-0.3, -0.25) is 4.98 Å². The van der Waals surface area contributed by atoms with Crippen molar-refractivity contribution in [1.29, 1.82) is 0 Å². The number of pyridine rings is 1. The summed E-state index contributed by atoms with van der Waals surface area (Å²) < 4.78 is 5.39. The number of nitrogens with two attached hydrogens (primary N) is 1. The molecule has 108 valence electrons. The highest BCUT2D eigenvalue weighted by molar-refractivity contribution is 5.55. The summed E-state index contributed by atoms with van der Waals surface area (Å²) in [5.74, 6) is 1.91. The molecule has 2 rings (SSSR count). The van der Waals surface area contributed by atoms with Gasteiger partial charge in [0.15, 0.2) is 0 Å². The van der Waals surface area contributed by atoms with Gasteiger partial charge in [0.05, 0.1) is 5.92 Å². The van der Waals surface area contributed by atoms with E-state index in [9.17, 15) is 0 Å². The Labute approximate surface area is 119 Å². The second-order valence-corrected chi connectivity index (χ2v) is 5.66. The predicted octanol–water partition coefficient (Wildman–Crippen LogP) is 2.84. The summed E-state index contributed by atoms with van der Waals surface area (Å²) in [5.41, 5.74) is 8.64. The average molecular weight is 274 g/mol. The van der Waals surface area contributed by atoms with Crippen LogP contribution in [0.4, 0.5) is 0 Å². The van der Waals surface area contributed by atoms with Crippen molar-refractivity contribution in [2.24, 2.45) is 11.7 Å². The minimum atomic E-state index is 0.125. The van der Waals surface area contributed by atoms with Gasteiger partial charge in [0.2, 0.25) is 11.7 Å². The fourth-order valence-electron chi connectivity index (χ4n) is 2.35. The second kappa shape index (κ2) is 6.13. The molecule has 0 saturated carbocycles. The van der Waals surface area contributed by atoms with Crippen molar-refractivity contribution in [1.82, 2.24) is 15.1 Å². The fourth-order valence-corrected chi connectivity index (χ4v) is 2.35. The van der Waals surface area contributed by atoms with E-state index in [4.69, 9.17) is 10.3 Å². The fraction of sp³-hybridized carbons (Fsp3) is 0.533. The molecule has 0 aromatic carbocycles. The van der Waals surface area contributed by atoms with E-state index in [-0.39, 0.29) is 5.92 Å². The molecule has 0 spiro atoms. The van der Waals surface area contributed by atoms with Crippen LogP contribution in [0.25, 0.3) is 11.4 Å². The molecule has 0 bridgehead atoms. The van der Waals surface area contributed by atoms with E-state index in [1.54, 1.807) is 0 Å². The number of aryl methyl sites for hydroxylation is 2. The van der Waals surface area contributed by atoms with Crippen molar-refractivity contribution in [2.75, 3.05) is 6.54 Å². The number of hydrogen-bond donors (Lipinski definition) is 1. The van der Waals surface area contributed by atoms with Crippen LogP contribution in [0.1, 0.15) is 43.5 Å². The third kappa shape index (κ3) is 3.42. The first-order valence-electron chi connectivity index (χ1n) is 6.99. The Morgan fingerprint density at radius 3 is 2.35 bits per heavy atom. The van der Waals surface area contributed by atoms with Crippen molar-refractivity contribution in [3.05, 3.63) is 29.4 Å². The quantitative estimate of drug-likeness (QED) is 0.907. The molecule has 0 aliphatic rings. The molecule has 0 saturated heterocycles. The lowest BCUT2D eigenvalue weighted by atomic mass is 9.97. The maximum absolute atomic E-state index is 5.81. The van der Waals surface area contributed by atoms with Crippen LogP contribution in [0.15, 0.2) is 16.7 Å². The molecule has 0 fully saturated rings. The van der Waals surface area contributed by atoms with Crippen LogP contribution in [0.3, 0.4) is 0 Å². The summed E-state index contributed by atoms with van der Waals surface area (Å²) in [5, 5.41) is 4.08. The van der Waals surface area contributed by atoms with Crippen molar-refractivity contribution in [3.8, 4) is 11.4 Å². The minimum Gasteiger partial charge on any atom is -0.339 e. The van der Waals surface area contributed by atoms with Crippen LogP contribution in [0.5, 0.6) is 0 Å². The molecule has 0 amide bonds. The molecule has 0 aliphatic carbocycles. The lowest BCUT2D eigenvalue weighted by Crippen LogP contribution is -2.15. The first kappa shape index (κ1) is 14.7. The van der Waals surface area contributed by atoms with Gasteiger partial charge in [-0.1, -0.05) is 19.0 Å². The number of hydrogen-bond acceptors (Lipinski definition) is 5. The maximum atomic E-state index is 5.81. The van der Waals surface area contributed by atoms with Crippen LogP contribution in [-0.2, 0) is 0 Å². The zero-order valence-electron chi connectivity index (χ0n) is 12.6. The van der Waals surface area contributed by atoms with Crippen molar-refractivity contribution < 1.29 is 4.52 Å². The molecule has 2 heterocycles. The number of rotatable bonds is 5. The van der Waals surface area contributed by atoms with Gasteiger partial charge in [-0.15, -0.1) is 0 Å². The highest BCUT2D eigenvalue weighted by Crippen LogP contribution is 2.24. The monoisotopic (exact) mass is 274 g/mol. The predicted molar refractivity (Wildman–Crippen MR) is 78.3 cm³/mol. The van der Waals surface area contributed by atoms with Gasteiger partial charge >= 0.3 is 0 Å². The van der Waals surface area contributed by atoms with E-state index < -0.39 is 0 Å². The molecular formula is C15H22N4O. The van der Waals surface area contributed by atoms with Crippen LogP contribution in [0, 0.1) is 19.8 Å². The molecule has 0 aliphatic heterocycles. The average Bonchev–Trinajstić information content (AvgIpc) is 2.84. The van der Waals surface area contributed by atoms with Crippen LogP contribution >= 0.6 is 0 Å². The number of aromatic nitrogens is 3. The van der Waals surface area contributed by atoms with Crippen LogP contribution < -0.4 is 5.73 Å². The van der Waals surface area contributed by atoms with E-state index in [1.165, 1.54) is 0 Å². The summed E-state index contributed by atoms with van der Waals surface area (Å²) in [7, 11) is 0. The second-order valence-electron chi connectivity index (χ2n) is 5.66. The van der Waals surface area contributed by atoms with Gasteiger partial charge in [0.25, 0.3) is 0 Å². The summed E-state index contributed by atoms with van der Waals surface area (Å²) in [6, 6.07) is 3.92. The largest absolute Gasteiger partial charge is 0.339 e.